The molecule has 3 aromatic rings. The summed E-state index contributed by atoms with van der Waals surface area (Å²) in [5.41, 5.74) is 0.720. The van der Waals surface area contributed by atoms with Crippen molar-refractivity contribution in [3.8, 4) is 0 Å². The second-order valence-corrected chi connectivity index (χ2v) is 7.80. The van der Waals surface area contributed by atoms with Gasteiger partial charge < -0.3 is 21.3 Å². The predicted octanol–water partition coefficient (Wildman–Crippen LogP) is 3.12. The lowest BCUT2D eigenvalue weighted by Gasteiger charge is -2.13. The number of benzene rings is 1. The van der Waals surface area contributed by atoms with E-state index in [-0.39, 0.29) is 17.6 Å². The number of carbonyl (C=O) groups excluding carboxylic acids is 1. The van der Waals surface area contributed by atoms with Gasteiger partial charge in [0.2, 0.25) is 0 Å². The highest BCUT2D eigenvalue weighted by molar-refractivity contribution is 7.15. The minimum Gasteiger partial charge on any atom is -0.378 e. The number of nitrogens with one attached hydrogen (secondary N) is 4. The fourth-order valence-corrected chi connectivity index (χ4v) is 3.78. The maximum Gasteiger partial charge on any atom is 0.251 e. The van der Waals surface area contributed by atoms with Crippen LogP contribution in [0.1, 0.15) is 21.7 Å². The van der Waals surface area contributed by atoms with Crippen molar-refractivity contribution in [1.82, 2.24) is 20.6 Å². The Balaban J connectivity index is 1.37. The minimum atomic E-state index is -0.402. The number of thiazole rings is 1. The van der Waals surface area contributed by atoms with E-state index < -0.39 is 5.82 Å². The first kappa shape index (κ1) is 19.3. The maximum absolute atomic E-state index is 14.2. The molecule has 0 unspecified atom stereocenters. The Morgan fingerprint density at radius 2 is 2.21 bits per heavy atom. The normalized spacial score (nSPS) is 15.8. The summed E-state index contributed by atoms with van der Waals surface area (Å²) >= 11 is 1.45. The topological polar surface area (TPSA) is 91.0 Å². The summed E-state index contributed by atoms with van der Waals surface area (Å²) in [5.74, 6) is 0.116. The molecule has 4 N–H and O–H groups in total. The van der Waals surface area contributed by atoms with Gasteiger partial charge in [0.1, 0.15) is 11.6 Å². The van der Waals surface area contributed by atoms with Crippen LogP contribution < -0.4 is 21.3 Å². The van der Waals surface area contributed by atoms with Crippen molar-refractivity contribution < 1.29 is 9.18 Å². The van der Waals surface area contributed by atoms with E-state index >= 15 is 0 Å². The molecule has 1 aliphatic rings. The molecule has 9 heteroatoms. The first-order valence-electron chi connectivity index (χ1n) is 9.35. The average Bonchev–Trinajstić information content (AvgIpc) is 3.40. The van der Waals surface area contributed by atoms with Crippen molar-refractivity contribution >= 4 is 33.9 Å². The Kier molecular flexibility index (Phi) is 5.97. The number of pyridine rings is 1. The molecule has 7 nitrogen and oxygen atoms in total. The van der Waals surface area contributed by atoms with Crippen LogP contribution in [0.15, 0.2) is 48.8 Å². The van der Waals surface area contributed by atoms with Crippen molar-refractivity contribution in [2.45, 2.75) is 19.0 Å². The van der Waals surface area contributed by atoms with E-state index in [1.807, 2.05) is 18.2 Å². The SMILES string of the molecule is O=C(N[C@@H]1CCNC1)c1ccc(F)c(NCc2cnc(Nc3ccccn3)s2)c1. The lowest BCUT2D eigenvalue weighted by Crippen LogP contribution is -2.36. The van der Waals surface area contributed by atoms with E-state index in [1.54, 1.807) is 18.5 Å². The van der Waals surface area contributed by atoms with Gasteiger partial charge in [-0.2, -0.15) is 0 Å². The van der Waals surface area contributed by atoms with Gasteiger partial charge in [0, 0.05) is 35.4 Å². The van der Waals surface area contributed by atoms with Gasteiger partial charge in [-0.1, -0.05) is 17.4 Å². The van der Waals surface area contributed by atoms with Crippen LogP contribution in [0.3, 0.4) is 0 Å². The van der Waals surface area contributed by atoms with Crippen LogP contribution in [0.25, 0.3) is 0 Å². The zero-order chi connectivity index (χ0) is 20.1. The number of amides is 1. The average molecular weight is 412 g/mol. The van der Waals surface area contributed by atoms with Crippen molar-refractivity contribution in [2.24, 2.45) is 0 Å². The van der Waals surface area contributed by atoms with Crippen molar-refractivity contribution in [1.29, 1.82) is 0 Å². The van der Waals surface area contributed by atoms with Crippen LogP contribution in [-0.2, 0) is 6.54 Å². The van der Waals surface area contributed by atoms with Gasteiger partial charge in [0.15, 0.2) is 5.13 Å². The maximum atomic E-state index is 14.2. The third-order valence-electron chi connectivity index (χ3n) is 4.53. The molecular formula is C20H21FN6OS. The number of carbonyl (C=O) groups is 1. The molecule has 3 heterocycles. The summed E-state index contributed by atoms with van der Waals surface area (Å²) < 4.78 is 14.2. The first-order valence-corrected chi connectivity index (χ1v) is 10.2. The van der Waals surface area contributed by atoms with E-state index in [1.165, 1.54) is 23.5 Å². The fraction of sp³-hybridized carbons (Fsp3) is 0.250. The van der Waals surface area contributed by atoms with Gasteiger partial charge in [-0.05, 0) is 43.3 Å². The number of anilines is 3. The van der Waals surface area contributed by atoms with Crippen LogP contribution in [0.2, 0.25) is 0 Å². The largest absolute Gasteiger partial charge is 0.378 e. The molecule has 0 saturated carbocycles. The lowest BCUT2D eigenvalue weighted by atomic mass is 10.1. The van der Waals surface area contributed by atoms with Gasteiger partial charge in [0.05, 0.1) is 12.2 Å². The summed E-state index contributed by atoms with van der Waals surface area (Å²) in [7, 11) is 0. The Hall–Kier alpha value is -3.04. The second kappa shape index (κ2) is 8.97. The van der Waals surface area contributed by atoms with Crippen LogP contribution in [0, 0.1) is 5.82 Å². The molecule has 1 atom stereocenters. The molecule has 0 bridgehead atoms. The second-order valence-electron chi connectivity index (χ2n) is 6.68. The highest BCUT2D eigenvalue weighted by atomic mass is 32.1. The Morgan fingerprint density at radius 1 is 1.28 bits per heavy atom. The zero-order valence-electron chi connectivity index (χ0n) is 15.6. The minimum absolute atomic E-state index is 0.117. The van der Waals surface area contributed by atoms with E-state index in [2.05, 4.69) is 31.2 Å². The zero-order valence-corrected chi connectivity index (χ0v) is 16.4. The van der Waals surface area contributed by atoms with Gasteiger partial charge in [-0.25, -0.2) is 14.4 Å². The van der Waals surface area contributed by atoms with Crippen LogP contribution in [-0.4, -0.2) is 35.0 Å². The lowest BCUT2D eigenvalue weighted by molar-refractivity contribution is 0.0940. The molecule has 1 fully saturated rings. The third kappa shape index (κ3) is 5.07. The molecule has 1 amide bonds. The number of halogens is 1. The summed E-state index contributed by atoms with van der Waals surface area (Å²) in [6.07, 6.45) is 4.33. The Morgan fingerprint density at radius 3 is 3.00 bits per heavy atom. The molecule has 4 rings (SSSR count). The number of hydrogen-bond donors (Lipinski definition) is 4. The fourth-order valence-electron chi connectivity index (χ4n) is 3.02. The number of nitrogens with zero attached hydrogens (tertiary/aromatic N) is 2. The van der Waals surface area contributed by atoms with Gasteiger partial charge in [-0.15, -0.1) is 0 Å². The van der Waals surface area contributed by atoms with E-state index in [0.717, 1.165) is 24.4 Å². The Labute approximate surface area is 171 Å². The molecule has 0 spiro atoms. The molecule has 0 radical (unpaired) electrons. The van der Waals surface area contributed by atoms with Crippen LogP contribution in [0.5, 0.6) is 0 Å². The predicted molar refractivity (Wildman–Crippen MR) is 112 cm³/mol. The number of rotatable bonds is 7. The highest BCUT2D eigenvalue weighted by Crippen LogP contribution is 2.23. The van der Waals surface area contributed by atoms with E-state index in [9.17, 15) is 9.18 Å². The van der Waals surface area contributed by atoms with Crippen LogP contribution in [0.4, 0.5) is 21.0 Å². The van der Waals surface area contributed by atoms with E-state index in [0.29, 0.717) is 23.1 Å². The molecule has 29 heavy (non-hydrogen) atoms. The molecule has 2 aromatic heterocycles. The van der Waals surface area contributed by atoms with Crippen molar-refractivity contribution in [3.05, 3.63) is 65.0 Å². The van der Waals surface area contributed by atoms with Gasteiger partial charge in [-0.3, -0.25) is 4.79 Å². The number of aromatic nitrogens is 2. The molecule has 0 aliphatic carbocycles. The van der Waals surface area contributed by atoms with Crippen molar-refractivity contribution in [3.63, 3.8) is 0 Å². The summed E-state index contributed by atoms with van der Waals surface area (Å²) in [4.78, 5) is 21.8. The molecule has 1 aromatic carbocycles. The van der Waals surface area contributed by atoms with Gasteiger partial charge in [0.25, 0.3) is 5.91 Å². The third-order valence-corrected chi connectivity index (χ3v) is 5.44. The van der Waals surface area contributed by atoms with Crippen LogP contribution >= 0.6 is 11.3 Å². The summed E-state index contributed by atoms with van der Waals surface area (Å²) in [6, 6.07) is 10.1. The highest BCUT2D eigenvalue weighted by Gasteiger charge is 2.18. The Bertz CT molecular complexity index is 974. The summed E-state index contributed by atoms with van der Waals surface area (Å²) in [6.45, 7) is 2.06. The number of hydrogen-bond acceptors (Lipinski definition) is 7. The molecule has 150 valence electrons. The molecular weight excluding hydrogens is 391 g/mol. The van der Waals surface area contributed by atoms with E-state index in [4.69, 9.17) is 0 Å². The van der Waals surface area contributed by atoms with Crippen molar-refractivity contribution in [2.75, 3.05) is 23.7 Å². The first-order chi connectivity index (χ1) is 14.2. The quantitative estimate of drug-likeness (QED) is 0.477. The van der Waals surface area contributed by atoms with Gasteiger partial charge >= 0.3 is 0 Å². The smallest absolute Gasteiger partial charge is 0.251 e. The monoisotopic (exact) mass is 412 g/mol. The summed E-state index contributed by atoms with van der Waals surface area (Å²) in [5, 5.41) is 13.1. The molecule has 1 aliphatic heterocycles. The standard InChI is InChI=1S/C20H21FN6OS/c21-16-5-4-13(19(28)26-14-6-8-22-10-14)9-17(16)24-11-15-12-25-20(29-15)27-18-3-1-2-7-23-18/h1-5,7,9,12,14,22,24H,6,8,10-11H2,(H,26,28)(H,23,25,27)/t14-/m1/s1. The molecule has 1 saturated heterocycles.